The summed E-state index contributed by atoms with van der Waals surface area (Å²) in [5, 5.41) is 2.89. The van der Waals surface area contributed by atoms with Crippen LogP contribution in [0.3, 0.4) is 0 Å². The molecule has 0 bridgehead atoms. The van der Waals surface area contributed by atoms with Gasteiger partial charge in [0.15, 0.2) is 0 Å². The van der Waals surface area contributed by atoms with Gasteiger partial charge in [0.25, 0.3) is 0 Å². The molecule has 1 spiro atoms. The molecule has 1 N–H and O–H groups in total. The molecule has 24 heavy (non-hydrogen) atoms. The maximum absolute atomic E-state index is 12.8. The Morgan fingerprint density at radius 3 is 2.62 bits per heavy atom. The van der Waals surface area contributed by atoms with Gasteiger partial charge in [-0.15, -0.1) is 0 Å². The van der Waals surface area contributed by atoms with Crippen molar-refractivity contribution in [3.05, 3.63) is 24.3 Å². The third-order valence-electron chi connectivity index (χ3n) is 4.74. The molecule has 0 unspecified atom stereocenters. The van der Waals surface area contributed by atoms with Crippen LogP contribution in [0.4, 0.5) is 5.69 Å². The lowest BCUT2D eigenvalue weighted by atomic mass is 9.75. The second-order valence-corrected chi connectivity index (χ2v) is 7.05. The number of benzene rings is 1. The zero-order chi connectivity index (χ0) is 17.4. The Hall–Kier alpha value is -2.08. The Balaban J connectivity index is 1.77. The normalized spacial score (nSPS) is 28.5. The van der Waals surface area contributed by atoms with E-state index in [2.05, 4.69) is 5.32 Å². The predicted molar refractivity (Wildman–Crippen MR) is 87.8 cm³/mol. The molecule has 130 valence electrons. The Kier molecular flexibility index (Phi) is 4.25. The van der Waals surface area contributed by atoms with E-state index in [9.17, 15) is 9.59 Å². The quantitative estimate of drug-likeness (QED) is 0.861. The number of amides is 1. The molecule has 1 aromatic carbocycles. The number of nitrogens with one attached hydrogen (secondary N) is 1. The zero-order valence-corrected chi connectivity index (χ0v) is 14.3. The molecule has 1 aromatic rings. The van der Waals surface area contributed by atoms with Crippen LogP contribution in [0.25, 0.3) is 0 Å². The number of carbonyl (C=O) groups is 2. The minimum Gasteiger partial charge on any atom is -0.497 e. The molecule has 2 saturated heterocycles. The Morgan fingerprint density at radius 2 is 2.00 bits per heavy atom. The first kappa shape index (κ1) is 16.8. The molecule has 6 heteroatoms. The van der Waals surface area contributed by atoms with Crippen LogP contribution in [0.15, 0.2) is 24.3 Å². The summed E-state index contributed by atoms with van der Waals surface area (Å²) in [6.45, 7) is 4.39. The molecule has 2 fully saturated rings. The van der Waals surface area contributed by atoms with Crippen molar-refractivity contribution in [2.75, 3.05) is 19.0 Å². The van der Waals surface area contributed by atoms with E-state index >= 15 is 0 Å². The highest BCUT2D eigenvalue weighted by atomic mass is 16.6. The Bertz CT molecular complexity index is 639. The number of carbonyl (C=O) groups excluding carboxylic acids is 2. The van der Waals surface area contributed by atoms with Gasteiger partial charge in [0.1, 0.15) is 11.4 Å². The number of esters is 1. The summed E-state index contributed by atoms with van der Waals surface area (Å²) < 4.78 is 16.5. The number of anilines is 1. The molecule has 0 radical (unpaired) electrons. The Morgan fingerprint density at radius 1 is 1.29 bits per heavy atom. The van der Waals surface area contributed by atoms with Gasteiger partial charge >= 0.3 is 5.97 Å². The minimum absolute atomic E-state index is 0.109. The van der Waals surface area contributed by atoms with E-state index in [0.717, 1.165) is 5.75 Å². The van der Waals surface area contributed by atoms with Crippen molar-refractivity contribution in [1.29, 1.82) is 0 Å². The molecule has 6 nitrogen and oxygen atoms in total. The van der Waals surface area contributed by atoms with Gasteiger partial charge in [0.05, 0.1) is 31.7 Å². The van der Waals surface area contributed by atoms with Crippen molar-refractivity contribution in [1.82, 2.24) is 0 Å². The zero-order valence-electron chi connectivity index (χ0n) is 14.3. The van der Waals surface area contributed by atoms with Crippen LogP contribution in [0.5, 0.6) is 5.75 Å². The first-order valence-electron chi connectivity index (χ1n) is 8.14. The van der Waals surface area contributed by atoms with Crippen molar-refractivity contribution in [3.8, 4) is 5.75 Å². The van der Waals surface area contributed by atoms with E-state index in [1.54, 1.807) is 31.4 Å². The highest BCUT2D eigenvalue weighted by Crippen LogP contribution is 2.46. The van der Waals surface area contributed by atoms with Gasteiger partial charge in [0.2, 0.25) is 5.91 Å². The molecular weight excluding hydrogens is 310 g/mol. The molecule has 2 heterocycles. The SMILES string of the molecule is COc1ccc(NC(=O)[C@H]2CC(=O)O[C@]23CCOC(C)(C)C3)cc1. The fraction of sp³-hybridized carbons (Fsp3) is 0.556. The summed E-state index contributed by atoms with van der Waals surface area (Å²) in [5.41, 5.74) is -0.515. The number of hydrogen-bond acceptors (Lipinski definition) is 5. The van der Waals surface area contributed by atoms with Gasteiger partial charge in [-0.3, -0.25) is 9.59 Å². The standard InChI is InChI=1S/C18H23NO5/c1-17(2)11-18(8-9-23-17)14(10-15(20)24-18)16(21)19-12-4-6-13(22-3)7-5-12/h4-7,14H,8-11H2,1-3H3,(H,19,21)/t14-,18+/m1/s1. The molecule has 2 aliphatic rings. The predicted octanol–water partition coefficient (Wildman–Crippen LogP) is 2.52. The summed E-state index contributed by atoms with van der Waals surface area (Å²) in [5.74, 6) is -0.295. The molecule has 0 aliphatic carbocycles. The van der Waals surface area contributed by atoms with Crippen LogP contribution in [0.2, 0.25) is 0 Å². The second-order valence-electron chi connectivity index (χ2n) is 7.05. The minimum atomic E-state index is -0.768. The highest BCUT2D eigenvalue weighted by Gasteiger charge is 2.56. The first-order valence-corrected chi connectivity index (χ1v) is 8.14. The lowest BCUT2D eigenvalue weighted by molar-refractivity contribution is -0.178. The van der Waals surface area contributed by atoms with Gasteiger partial charge < -0.3 is 19.5 Å². The molecular formula is C18H23NO5. The summed E-state index contributed by atoms with van der Waals surface area (Å²) in [6.07, 6.45) is 1.17. The monoisotopic (exact) mass is 333 g/mol. The van der Waals surface area contributed by atoms with E-state index in [1.807, 2.05) is 13.8 Å². The van der Waals surface area contributed by atoms with Gasteiger partial charge in [-0.05, 0) is 38.1 Å². The Labute approximate surface area is 141 Å². The number of rotatable bonds is 3. The van der Waals surface area contributed by atoms with E-state index in [-0.39, 0.29) is 18.3 Å². The fourth-order valence-corrected chi connectivity index (χ4v) is 3.67. The number of hydrogen-bond donors (Lipinski definition) is 1. The average molecular weight is 333 g/mol. The molecule has 0 saturated carbocycles. The molecule has 0 aromatic heterocycles. The van der Waals surface area contributed by atoms with Gasteiger partial charge in [0, 0.05) is 18.5 Å². The van der Waals surface area contributed by atoms with E-state index in [0.29, 0.717) is 25.1 Å². The summed E-state index contributed by atoms with van der Waals surface area (Å²) in [7, 11) is 1.59. The van der Waals surface area contributed by atoms with Crippen molar-refractivity contribution < 1.29 is 23.8 Å². The lowest BCUT2D eigenvalue weighted by Crippen LogP contribution is -2.52. The van der Waals surface area contributed by atoms with Crippen molar-refractivity contribution in [2.45, 2.75) is 44.3 Å². The number of methoxy groups -OCH3 is 1. The summed E-state index contributed by atoms with van der Waals surface area (Å²) >= 11 is 0. The molecule has 2 aliphatic heterocycles. The van der Waals surface area contributed by atoms with E-state index < -0.39 is 17.1 Å². The van der Waals surface area contributed by atoms with Crippen LogP contribution in [-0.2, 0) is 19.1 Å². The third kappa shape index (κ3) is 3.24. The van der Waals surface area contributed by atoms with Crippen LogP contribution in [-0.4, -0.2) is 36.8 Å². The van der Waals surface area contributed by atoms with E-state index in [1.165, 1.54) is 0 Å². The fourth-order valence-electron chi connectivity index (χ4n) is 3.67. The van der Waals surface area contributed by atoms with Gasteiger partial charge in [-0.25, -0.2) is 0 Å². The van der Waals surface area contributed by atoms with Crippen LogP contribution in [0, 0.1) is 5.92 Å². The van der Waals surface area contributed by atoms with E-state index in [4.69, 9.17) is 14.2 Å². The van der Waals surface area contributed by atoms with Crippen LogP contribution >= 0.6 is 0 Å². The highest BCUT2D eigenvalue weighted by molar-refractivity contribution is 5.97. The van der Waals surface area contributed by atoms with Crippen molar-refractivity contribution in [2.24, 2.45) is 5.92 Å². The lowest BCUT2D eigenvalue weighted by Gasteiger charge is -2.43. The van der Waals surface area contributed by atoms with Gasteiger partial charge in [-0.2, -0.15) is 0 Å². The average Bonchev–Trinajstić information content (AvgIpc) is 2.82. The first-order chi connectivity index (χ1) is 11.3. The smallest absolute Gasteiger partial charge is 0.307 e. The summed E-state index contributed by atoms with van der Waals surface area (Å²) in [6, 6.07) is 7.10. The van der Waals surface area contributed by atoms with Crippen molar-refractivity contribution in [3.63, 3.8) is 0 Å². The molecule has 2 atom stereocenters. The second kappa shape index (κ2) is 6.09. The van der Waals surface area contributed by atoms with Gasteiger partial charge in [-0.1, -0.05) is 0 Å². The largest absolute Gasteiger partial charge is 0.497 e. The maximum Gasteiger partial charge on any atom is 0.307 e. The van der Waals surface area contributed by atoms with Crippen LogP contribution in [0.1, 0.15) is 33.1 Å². The van der Waals surface area contributed by atoms with Crippen molar-refractivity contribution >= 4 is 17.6 Å². The molecule has 3 rings (SSSR count). The summed E-state index contributed by atoms with van der Waals surface area (Å²) in [4.78, 5) is 24.7. The number of ether oxygens (including phenoxy) is 3. The third-order valence-corrected chi connectivity index (χ3v) is 4.74. The topological polar surface area (TPSA) is 73.9 Å². The van der Waals surface area contributed by atoms with Crippen LogP contribution < -0.4 is 10.1 Å². The maximum atomic E-state index is 12.8. The molecule has 1 amide bonds.